The second-order valence-corrected chi connectivity index (χ2v) is 5.72. The zero-order valence-electron chi connectivity index (χ0n) is 12.3. The van der Waals surface area contributed by atoms with E-state index in [0.29, 0.717) is 0 Å². The van der Waals surface area contributed by atoms with Gasteiger partial charge in [0.1, 0.15) is 0 Å². The van der Waals surface area contributed by atoms with Crippen LogP contribution in [0.1, 0.15) is 44.2 Å². The molecule has 0 aromatic heterocycles. The third-order valence-electron chi connectivity index (χ3n) is 3.87. The molecule has 1 fully saturated rings. The van der Waals surface area contributed by atoms with Gasteiger partial charge >= 0.3 is 0 Å². The van der Waals surface area contributed by atoms with E-state index >= 15 is 0 Å². The van der Waals surface area contributed by atoms with Crippen molar-refractivity contribution >= 4 is 11.8 Å². The Hall–Kier alpha value is -1.88. The average Bonchev–Trinajstić information content (AvgIpc) is 2.43. The molecule has 1 unspecified atom stereocenters. The largest absolute Gasteiger partial charge is 0.388 e. The van der Waals surface area contributed by atoms with E-state index in [1.807, 2.05) is 30.3 Å². The summed E-state index contributed by atoms with van der Waals surface area (Å²) in [6.07, 6.45) is 2.65. The molecule has 0 saturated heterocycles. The SMILES string of the molecule is CC(=O)NC(CC(=O)NCC1(O)CCC1)c1ccccc1. The van der Waals surface area contributed by atoms with Crippen LogP contribution in [0.25, 0.3) is 0 Å². The molecule has 5 nitrogen and oxygen atoms in total. The topological polar surface area (TPSA) is 78.4 Å². The Morgan fingerprint density at radius 1 is 1.29 bits per heavy atom. The van der Waals surface area contributed by atoms with Crippen molar-refractivity contribution in [1.29, 1.82) is 0 Å². The molecule has 0 heterocycles. The molecule has 0 bridgehead atoms. The maximum Gasteiger partial charge on any atom is 0.222 e. The van der Waals surface area contributed by atoms with E-state index < -0.39 is 5.60 Å². The smallest absolute Gasteiger partial charge is 0.222 e. The molecule has 2 rings (SSSR count). The Balaban J connectivity index is 1.91. The van der Waals surface area contributed by atoms with Crippen LogP contribution in [0, 0.1) is 0 Å². The molecule has 3 N–H and O–H groups in total. The Morgan fingerprint density at radius 2 is 1.95 bits per heavy atom. The molecule has 2 amide bonds. The van der Waals surface area contributed by atoms with Crippen molar-refractivity contribution in [2.45, 2.75) is 44.2 Å². The van der Waals surface area contributed by atoms with Crippen molar-refractivity contribution in [2.75, 3.05) is 6.54 Å². The Kier molecular flexibility index (Phi) is 4.96. The van der Waals surface area contributed by atoms with Crippen molar-refractivity contribution in [2.24, 2.45) is 0 Å². The number of carbonyl (C=O) groups excluding carboxylic acids is 2. The molecule has 5 heteroatoms. The minimum absolute atomic E-state index is 0.166. The quantitative estimate of drug-likeness (QED) is 0.738. The van der Waals surface area contributed by atoms with Crippen molar-refractivity contribution in [1.82, 2.24) is 10.6 Å². The summed E-state index contributed by atoms with van der Waals surface area (Å²) in [5.74, 6) is -0.341. The van der Waals surface area contributed by atoms with Crippen LogP contribution >= 0.6 is 0 Å². The summed E-state index contributed by atoms with van der Waals surface area (Å²) in [7, 11) is 0. The first-order chi connectivity index (χ1) is 9.98. The summed E-state index contributed by atoms with van der Waals surface area (Å²) >= 11 is 0. The van der Waals surface area contributed by atoms with Gasteiger partial charge in [0, 0.05) is 13.5 Å². The number of carbonyl (C=O) groups is 2. The second kappa shape index (κ2) is 6.72. The number of aliphatic hydroxyl groups is 1. The van der Waals surface area contributed by atoms with Gasteiger partial charge in [-0.3, -0.25) is 9.59 Å². The summed E-state index contributed by atoms with van der Waals surface area (Å²) in [4.78, 5) is 23.3. The van der Waals surface area contributed by atoms with Gasteiger partial charge in [-0.1, -0.05) is 30.3 Å². The van der Waals surface area contributed by atoms with Crippen LogP contribution in [0.3, 0.4) is 0 Å². The fourth-order valence-electron chi connectivity index (χ4n) is 2.47. The molecule has 0 radical (unpaired) electrons. The van der Waals surface area contributed by atoms with Gasteiger partial charge in [-0.05, 0) is 24.8 Å². The highest BCUT2D eigenvalue weighted by Gasteiger charge is 2.34. The molecule has 1 aliphatic carbocycles. The predicted molar refractivity (Wildman–Crippen MR) is 79.4 cm³/mol. The lowest BCUT2D eigenvalue weighted by atomic mass is 9.80. The highest BCUT2D eigenvalue weighted by atomic mass is 16.3. The molecule has 0 aliphatic heterocycles. The molecule has 1 aromatic carbocycles. The van der Waals surface area contributed by atoms with Crippen LogP contribution in [0.5, 0.6) is 0 Å². The monoisotopic (exact) mass is 290 g/mol. The summed E-state index contributed by atoms with van der Waals surface area (Å²) in [5.41, 5.74) is 0.163. The Morgan fingerprint density at radius 3 is 2.48 bits per heavy atom. The van der Waals surface area contributed by atoms with Crippen LogP contribution in [-0.2, 0) is 9.59 Å². The highest BCUT2D eigenvalue weighted by molar-refractivity contribution is 5.79. The van der Waals surface area contributed by atoms with Crippen LogP contribution in [0.4, 0.5) is 0 Å². The Bertz CT molecular complexity index is 498. The van der Waals surface area contributed by atoms with Crippen molar-refractivity contribution < 1.29 is 14.7 Å². The summed E-state index contributed by atoms with van der Waals surface area (Å²) in [6.45, 7) is 1.72. The lowest BCUT2D eigenvalue weighted by Crippen LogP contribution is -2.48. The fourth-order valence-corrected chi connectivity index (χ4v) is 2.47. The van der Waals surface area contributed by atoms with Crippen LogP contribution in [0.2, 0.25) is 0 Å². The summed E-state index contributed by atoms with van der Waals surface area (Å²) in [5, 5.41) is 15.5. The van der Waals surface area contributed by atoms with Crippen LogP contribution in [0.15, 0.2) is 30.3 Å². The number of benzene rings is 1. The predicted octanol–water partition coefficient (Wildman–Crippen LogP) is 1.29. The standard InChI is InChI=1S/C16H22N2O3/c1-12(19)18-14(13-6-3-2-4-7-13)10-15(20)17-11-16(21)8-5-9-16/h2-4,6-7,14,21H,5,8-11H2,1H3,(H,17,20)(H,18,19). The molecule has 1 aromatic rings. The normalized spacial score (nSPS) is 17.4. The second-order valence-electron chi connectivity index (χ2n) is 5.72. The maximum atomic E-state index is 12.0. The molecule has 1 aliphatic rings. The number of nitrogens with one attached hydrogen (secondary N) is 2. The van der Waals surface area contributed by atoms with Crippen LogP contribution in [-0.4, -0.2) is 29.1 Å². The van der Waals surface area contributed by atoms with Gasteiger partial charge in [0.15, 0.2) is 0 Å². The molecule has 21 heavy (non-hydrogen) atoms. The van der Waals surface area contributed by atoms with Crippen molar-refractivity contribution in [3.8, 4) is 0 Å². The number of rotatable bonds is 6. The van der Waals surface area contributed by atoms with Gasteiger partial charge in [-0.25, -0.2) is 0 Å². The van der Waals surface area contributed by atoms with Gasteiger partial charge in [0.25, 0.3) is 0 Å². The van der Waals surface area contributed by atoms with Gasteiger partial charge in [-0.2, -0.15) is 0 Å². The van der Waals surface area contributed by atoms with E-state index in [4.69, 9.17) is 0 Å². The van der Waals surface area contributed by atoms with Gasteiger partial charge in [-0.15, -0.1) is 0 Å². The molecule has 1 saturated carbocycles. The van der Waals surface area contributed by atoms with E-state index in [2.05, 4.69) is 10.6 Å². The minimum Gasteiger partial charge on any atom is -0.388 e. The lowest BCUT2D eigenvalue weighted by molar-refractivity contribution is -0.124. The molecule has 1 atom stereocenters. The third kappa shape index (κ3) is 4.56. The van der Waals surface area contributed by atoms with E-state index in [1.165, 1.54) is 6.92 Å². The molecule has 114 valence electrons. The third-order valence-corrected chi connectivity index (χ3v) is 3.87. The van der Waals surface area contributed by atoms with E-state index in [1.54, 1.807) is 0 Å². The van der Waals surface area contributed by atoms with Crippen molar-refractivity contribution in [3.05, 3.63) is 35.9 Å². The molecular formula is C16H22N2O3. The molecule has 0 spiro atoms. The first-order valence-electron chi connectivity index (χ1n) is 7.30. The summed E-state index contributed by atoms with van der Waals surface area (Å²) < 4.78 is 0. The van der Waals surface area contributed by atoms with E-state index in [9.17, 15) is 14.7 Å². The van der Waals surface area contributed by atoms with Gasteiger partial charge in [0.2, 0.25) is 11.8 Å². The maximum absolute atomic E-state index is 12.0. The fraction of sp³-hybridized carbons (Fsp3) is 0.500. The Labute approximate surface area is 124 Å². The van der Waals surface area contributed by atoms with E-state index in [0.717, 1.165) is 24.8 Å². The summed E-state index contributed by atoms with van der Waals surface area (Å²) in [6, 6.07) is 9.05. The van der Waals surface area contributed by atoms with Crippen LogP contribution < -0.4 is 10.6 Å². The van der Waals surface area contributed by atoms with Gasteiger partial charge in [0.05, 0.1) is 18.1 Å². The van der Waals surface area contributed by atoms with E-state index in [-0.39, 0.29) is 30.8 Å². The highest BCUT2D eigenvalue weighted by Crippen LogP contribution is 2.30. The number of hydrogen-bond donors (Lipinski definition) is 3. The first kappa shape index (κ1) is 15.5. The number of hydrogen-bond acceptors (Lipinski definition) is 3. The first-order valence-corrected chi connectivity index (χ1v) is 7.30. The molecular weight excluding hydrogens is 268 g/mol. The van der Waals surface area contributed by atoms with Crippen molar-refractivity contribution in [3.63, 3.8) is 0 Å². The van der Waals surface area contributed by atoms with Gasteiger partial charge < -0.3 is 15.7 Å². The minimum atomic E-state index is -0.730. The zero-order valence-corrected chi connectivity index (χ0v) is 12.3. The number of amides is 2. The lowest BCUT2D eigenvalue weighted by Gasteiger charge is -2.36. The zero-order chi connectivity index (χ0) is 15.3. The average molecular weight is 290 g/mol.